The SMILES string of the molecule is CCC1=NN(C(=O)c2cccs2)[C@@](O)(C(F)(F)F)C1. The second kappa shape index (κ2) is 4.61. The largest absolute Gasteiger partial charge is 0.438 e. The van der Waals surface area contributed by atoms with Gasteiger partial charge in [0.1, 0.15) is 0 Å². The van der Waals surface area contributed by atoms with Crippen LogP contribution in [0.25, 0.3) is 0 Å². The van der Waals surface area contributed by atoms with Crippen LogP contribution in [0, 0.1) is 0 Å². The Bertz CT molecular complexity index is 513. The number of thiophene rings is 1. The molecule has 1 aromatic rings. The lowest BCUT2D eigenvalue weighted by Crippen LogP contribution is -2.56. The average Bonchev–Trinajstić information content (AvgIpc) is 2.94. The summed E-state index contributed by atoms with van der Waals surface area (Å²) in [6.45, 7) is 1.62. The van der Waals surface area contributed by atoms with Crippen LogP contribution in [0.5, 0.6) is 0 Å². The molecule has 0 bridgehead atoms. The van der Waals surface area contributed by atoms with Crippen molar-refractivity contribution in [2.45, 2.75) is 31.7 Å². The Kier molecular flexibility index (Phi) is 3.40. The molecule has 2 rings (SSSR count). The van der Waals surface area contributed by atoms with E-state index in [4.69, 9.17) is 0 Å². The van der Waals surface area contributed by atoms with Crippen molar-refractivity contribution in [1.82, 2.24) is 5.01 Å². The fraction of sp³-hybridized carbons (Fsp3) is 0.455. The van der Waals surface area contributed by atoms with Crippen LogP contribution >= 0.6 is 11.3 Å². The first kappa shape index (κ1) is 14.0. The number of hydrogen-bond donors (Lipinski definition) is 1. The standard InChI is InChI=1S/C11H11F3N2O2S/c1-2-7-6-10(18,11(12,13)14)16(15-7)9(17)8-4-3-5-19-8/h3-5,18H,2,6H2,1H3/t10-/m0/s1. The fourth-order valence-electron chi connectivity index (χ4n) is 1.75. The highest BCUT2D eigenvalue weighted by Crippen LogP contribution is 2.41. The Morgan fingerprint density at radius 1 is 1.63 bits per heavy atom. The lowest BCUT2D eigenvalue weighted by molar-refractivity contribution is -0.297. The molecule has 0 spiro atoms. The van der Waals surface area contributed by atoms with E-state index in [1.54, 1.807) is 18.4 Å². The quantitative estimate of drug-likeness (QED) is 0.911. The molecule has 1 N–H and O–H groups in total. The maximum absolute atomic E-state index is 13.0. The Balaban J connectivity index is 2.40. The van der Waals surface area contributed by atoms with Crippen LogP contribution in [0.1, 0.15) is 29.4 Å². The van der Waals surface area contributed by atoms with Crippen molar-refractivity contribution < 1.29 is 23.1 Å². The minimum atomic E-state index is -4.96. The topological polar surface area (TPSA) is 52.9 Å². The van der Waals surface area contributed by atoms with Gasteiger partial charge in [0.05, 0.1) is 4.88 Å². The first-order valence-electron chi connectivity index (χ1n) is 5.53. The number of amides is 1. The van der Waals surface area contributed by atoms with E-state index in [0.717, 1.165) is 11.3 Å². The zero-order valence-corrected chi connectivity index (χ0v) is 10.8. The minimum Gasteiger partial charge on any atom is -0.362 e. The molecule has 0 saturated carbocycles. The highest BCUT2D eigenvalue weighted by Gasteiger charge is 2.63. The van der Waals surface area contributed by atoms with Gasteiger partial charge < -0.3 is 5.11 Å². The Morgan fingerprint density at radius 2 is 2.32 bits per heavy atom. The van der Waals surface area contributed by atoms with E-state index < -0.39 is 24.2 Å². The number of alkyl halides is 3. The summed E-state index contributed by atoms with van der Waals surface area (Å²) in [6, 6.07) is 2.94. The molecule has 0 saturated heterocycles. The van der Waals surface area contributed by atoms with Crippen LogP contribution in [0.15, 0.2) is 22.6 Å². The van der Waals surface area contributed by atoms with Gasteiger partial charge in [0.15, 0.2) is 0 Å². The molecule has 0 fully saturated rings. The molecule has 1 aliphatic heterocycles. The summed E-state index contributed by atoms with van der Waals surface area (Å²) in [4.78, 5) is 12.1. The predicted molar refractivity (Wildman–Crippen MR) is 63.8 cm³/mol. The molecule has 19 heavy (non-hydrogen) atoms. The van der Waals surface area contributed by atoms with Crippen molar-refractivity contribution in [3.8, 4) is 0 Å². The molecule has 8 heteroatoms. The van der Waals surface area contributed by atoms with E-state index in [0.29, 0.717) is 0 Å². The summed E-state index contributed by atoms with van der Waals surface area (Å²) in [5, 5.41) is 15.2. The fourth-order valence-corrected chi connectivity index (χ4v) is 2.40. The molecule has 0 radical (unpaired) electrons. The van der Waals surface area contributed by atoms with Gasteiger partial charge in [-0.3, -0.25) is 4.79 Å². The van der Waals surface area contributed by atoms with Crippen LogP contribution < -0.4 is 0 Å². The molecular formula is C11H11F3N2O2S. The molecule has 104 valence electrons. The second-order valence-electron chi connectivity index (χ2n) is 4.11. The molecule has 2 heterocycles. The summed E-state index contributed by atoms with van der Waals surface area (Å²) in [6.07, 6.45) is -5.42. The third kappa shape index (κ3) is 2.25. The van der Waals surface area contributed by atoms with Gasteiger partial charge in [0.2, 0.25) is 0 Å². The van der Waals surface area contributed by atoms with Gasteiger partial charge in [-0.1, -0.05) is 13.0 Å². The van der Waals surface area contributed by atoms with Crippen LogP contribution in [0.3, 0.4) is 0 Å². The van der Waals surface area contributed by atoms with Gasteiger partial charge in [-0.25, -0.2) is 0 Å². The summed E-state index contributed by atoms with van der Waals surface area (Å²) in [5.41, 5.74) is -3.11. The normalized spacial score (nSPS) is 23.6. The number of hydrogen-bond acceptors (Lipinski definition) is 4. The average molecular weight is 292 g/mol. The van der Waals surface area contributed by atoms with Crippen LogP contribution in [-0.4, -0.2) is 33.6 Å². The first-order chi connectivity index (χ1) is 8.79. The number of rotatable bonds is 2. The third-order valence-electron chi connectivity index (χ3n) is 2.83. The lowest BCUT2D eigenvalue weighted by atomic mass is 10.1. The van der Waals surface area contributed by atoms with Gasteiger partial charge in [-0.2, -0.15) is 23.3 Å². The number of carbonyl (C=O) groups is 1. The minimum absolute atomic E-state index is 0.101. The Labute approximate surface area is 111 Å². The zero-order valence-electron chi connectivity index (χ0n) is 9.94. The second-order valence-corrected chi connectivity index (χ2v) is 5.05. The zero-order chi connectivity index (χ0) is 14.3. The Morgan fingerprint density at radius 3 is 2.79 bits per heavy atom. The maximum Gasteiger partial charge on any atom is 0.438 e. The molecule has 0 unspecified atom stereocenters. The Hall–Kier alpha value is -1.41. The van der Waals surface area contributed by atoms with Crippen LogP contribution in [0.2, 0.25) is 0 Å². The van der Waals surface area contributed by atoms with Gasteiger partial charge in [0.25, 0.3) is 11.6 Å². The summed E-state index contributed by atoms with van der Waals surface area (Å²) < 4.78 is 39.0. The van der Waals surface area contributed by atoms with Crippen molar-refractivity contribution in [1.29, 1.82) is 0 Å². The van der Waals surface area contributed by atoms with Crippen molar-refractivity contribution in [2.24, 2.45) is 5.10 Å². The molecular weight excluding hydrogens is 281 g/mol. The van der Waals surface area contributed by atoms with E-state index in [2.05, 4.69) is 5.10 Å². The number of hydrazone groups is 1. The van der Waals surface area contributed by atoms with Crippen molar-refractivity contribution in [3.05, 3.63) is 22.4 Å². The van der Waals surface area contributed by atoms with Gasteiger partial charge in [0, 0.05) is 12.1 Å². The third-order valence-corrected chi connectivity index (χ3v) is 3.69. The molecule has 1 aromatic heterocycles. The van der Waals surface area contributed by atoms with E-state index in [1.807, 2.05) is 0 Å². The van der Waals surface area contributed by atoms with Crippen molar-refractivity contribution in [2.75, 3.05) is 0 Å². The van der Waals surface area contributed by atoms with Crippen molar-refractivity contribution in [3.63, 3.8) is 0 Å². The van der Waals surface area contributed by atoms with E-state index in [-0.39, 0.29) is 22.0 Å². The molecule has 1 atom stereocenters. The van der Waals surface area contributed by atoms with Gasteiger partial charge in [-0.15, -0.1) is 11.3 Å². The molecule has 1 aliphatic rings. The smallest absolute Gasteiger partial charge is 0.362 e. The van der Waals surface area contributed by atoms with Crippen molar-refractivity contribution >= 4 is 23.0 Å². The highest BCUT2D eigenvalue weighted by atomic mass is 32.1. The molecule has 0 aromatic carbocycles. The molecule has 1 amide bonds. The number of nitrogens with zero attached hydrogens (tertiary/aromatic N) is 2. The summed E-state index contributed by atoms with van der Waals surface area (Å²) >= 11 is 0.999. The highest BCUT2D eigenvalue weighted by molar-refractivity contribution is 7.12. The van der Waals surface area contributed by atoms with E-state index in [1.165, 1.54) is 6.07 Å². The molecule has 0 aliphatic carbocycles. The van der Waals surface area contributed by atoms with Crippen LogP contribution in [0.4, 0.5) is 13.2 Å². The first-order valence-corrected chi connectivity index (χ1v) is 6.41. The maximum atomic E-state index is 13.0. The number of halogens is 3. The number of aliphatic hydroxyl groups is 1. The van der Waals surface area contributed by atoms with Gasteiger partial charge >= 0.3 is 6.18 Å². The summed E-state index contributed by atoms with van der Waals surface area (Å²) in [5.74, 6) is -0.946. The number of carbonyl (C=O) groups excluding carboxylic acids is 1. The monoisotopic (exact) mass is 292 g/mol. The lowest BCUT2D eigenvalue weighted by Gasteiger charge is -2.32. The summed E-state index contributed by atoms with van der Waals surface area (Å²) in [7, 11) is 0. The van der Waals surface area contributed by atoms with E-state index in [9.17, 15) is 23.1 Å². The van der Waals surface area contributed by atoms with E-state index >= 15 is 0 Å². The van der Waals surface area contributed by atoms with Crippen LogP contribution in [-0.2, 0) is 0 Å². The molecule has 4 nitrogen and oxygen atoms in total. The van der Waals surface area contributed by atoms with Gasteiger partial charge in [-0.05, 0) is 17.9 Å². The predicted octanol–water partition coefficient (Wildman–Crippen LogP) is 2.61.